The van der Waals surface area contributed by atoms with Gasteiger partial charge in [-0.25, -0.2) is 4.39 Å². The Kier molecular flexibility index (Phi) is 3.98. The molecule has 0 spiro atoms. The molecule has 0 radical (unpaired) electrons. The van der Waals surface area contributed by atoms with Crippen LogP contribution in [0.15, 0.2) is 66.7 Å². The molecule has 0 heterocycles. The molecule has 0 aliphatic carbocycles. The molecule has 0 saturated heterocycles. The number of halogens is 1. The van der Waals surface area contributed by atoms with Gasteiger partial charge in [0.15, 0.2) is 0 Å². The lowest BCUT2D eigenvalue weighted by molar-refractivity contribution is 0.570. The van der Waals surface area contributed by atoms with E-state index in [4.69, 9.17) is 0 Å². The van der Waals surface area contributed by atoms with Gasteiger partial charge in [0.05, 0.1) is 0 Å². The summed E-state index contributed by atoms with van der Waals surface area (Å²) in [6.45, 7) is 2.79. The molecule has 3 aromatic carbocycles. The summed E-state index contributed by atoms with van der Waals surface area (Å²) in [4.78, 5) is 0. The molecule has 0 bridgehead atoms. The second kappa shape index (κ2) is 6.06. The van der Waals surface area contributed by atoms with E-state index in [-0.39, 0.29) is 11.9 Å². The summed E-state index contributed by atoms with van der Waals surface area (Å²) < 4.78 is 13.2. The van der Waals surface area contributed by atoms with Crippen molar-refractivity contribution in [1.82, 2.24) is 5.32 Å². The van der Waals surface area contributed by atoms with E-state index in [0.29, 0.717) is 6.54 Å². The highest BCUT2D eigenvalue weighted by molar-refractivity contribution is 5.83. The molecule has 0 amide bonds. The Morgan fingerprint density at radius 2 is 1.71 bits per heavy atom. The van der Waals surface area contributed by atoms with Crippen LogP contribution in [0.4, 0.5) is 4.39 Å². The Hall–Kier alpha value is -2.19. The lowest BCUT2D eigenvalue weighted by Crippen LogP contribution is -2.18. The van der Waals surface area contributed by atoms with Crippen molar-refractivity contribution in [3.05, 3.63) is 83.7 Å². The molecule has 3 rings (SSSR count). The highest BCUT2D eigenvalue weighted by Gasteiger charge is 2.06. The van der Waals surface area contributed by atoms with Gasteiger partial charge in [0, 0.05) is 12.6 Å². The maximum atomic E-state index is 13.2. The quantitative estimate of drug-likeness (QED) is 0.721. The van der Waals surface area contributed by atoms with Gasteiger partial charge in [0.25, 0.3) is 0 Å². The van der Waals surface area contributed by atoms with Crippen molar-refractivity contribution >= 4 is 10.8 Å². The van der Waals surface area contributed by atoms with Gasteiger partial charge in [0.1, 0.15) is 5.82 Å². The van der Waals surface area contributed by atoms with Gasteiger partial charge in [-0.05, 0) is 47.0 Å². The smallest absolute Gasteiger partial charge is 0.123 e. The van der Waals surface area contributed by atoms with Gasteiger partial charge in [-0.2, -0.15) is 0 Å². The lowest BCUT2D eigenvalue weighted by atomic mass is 10.0. The molecule has 0 aromatic heterocycles. The molecule has 21 heavy (non-hydrogen) atoms. The third kappa shape index (κ3) is 3.29. The molecule has 106 valence electrons. The van der Waals surface area contributed by atoms with E-state index < -0.39 is 0 Å². The number of benzene rings is 3. The minimum absolute atomic E-state index is 0.187. The van der Waals surface area contributed by atoms with Crippen LogP contribution < -0.4 is 5.32 Å². The van der Waals surface area contributed by atoms with Crippen molar-refractivity contribution in [1.29, 1.82) is 0 Å². The molecule has 2 heteroatoms. The van der Waals surface area contributed by atoms with Gasteiger partial charge in [0.2, 0.25) is 0 Å². The lowest BCUT2D eigenvalue weighted by Gasteiger charge is -2.15. The fraction of sp³-hybridized carbons (Fsp3) is 0.158. The molecule has 3 aromatic rings. The van der Waals surface area contributed by atoms with Crippen LogP contribution in [-0.2, 0) is 6.54 Å². The van der Waals surface area contributed by atoms with E-state index in [9.17, 15) is 4.39 Å². The molecule has 1 N–H and O–H groups in total. The molecule has 1 atom stereocenters. The van der Waals surface area contributed by atoms with Gasteiger partial charge >= 0.3 is 0 Å². The van der Waals surface area contributed by atoms with Crippen LogP contribution in [0.3, 0.4) is 0 Å². The average Bonchev–Trinajstić information content (AvgIpc) is 2.52. The predicted molar refractivity (Wildman–Crippen MR) is 85.6 cm³/mol. The zero-order chi connectivity index (χ0) is 14.7. The highest BCUT2D eigenvalue weighted by atomic mass is 19.1. The number of rotatable bonds is 4. The molecule has 0 fully saturated rings. The van der Waals surface area contributed by atoms with Crippen molar-refractivity contribution in [3.8, 4) is 0 Å². The van der Waals surface area contributed by atoms with Crippen LogP contribution in [0.1, 0.15) is 24.1 Å². The molecule has 1 unspecified atom stereocenters. The van der Waals surface area contributed by atoms with Crippen LogP contribution in [0.5, 0.6) is 0 Å². The van der Waals surface area contributed by atoms with E-state index in [1.54, 1.807) is 12.1 Å². The molecule has 0 aliphatic heterocycles. The first kappa shape index (κ1) is 13.8. The van der Waals surface area contributed by atoms with Crippen molar-refractivity contribution in [3.63, 3.8) is 0 Å². The SMILES string of the molecule is CC(NCc1cccc(F)c1)c1ccc2ccccc2c1. The minimum Gasteiger partial charge on any atom is -0.306 e. The zero-order valence-electron chi connectivity index (χ0n) is 12.0. The van der Waals surface area contributed by atoms with Crippen LogP contribution >= 0.6 is 0 Å². The summed E-state index contributed by atoms with van der Waals surface area (Å²) in [7, 11) is 0. The summed E-state index contributed by atoms with van der Waals surface area (Å²) in [5.41, 5.74) is 2.20. The normalized spacial score (nSPS) is 12.5. The number of hydrogen-bond acceptors (Lipinski definition) is 1. The predicted octanol–water partition coefficient (Wildman–Crippen LogP) is 4.83. The maximum absolute atomic E-state index is 13.2. The van der Waals surface area contributed by atoms with Gasteiger partial charge in [-0.1, -0.05) is 48.5 Å². The highest BCUT2D eigenvalue weighted by Crippen LogP contribution is 2.20. The number of hydrogen-bond donors (Lipinski definition) is 1. The summed E-state index contributed by atoms with van der Waals surface area (Å²) in [6, 6.07) is 21.8. The zero-order valence-corrected chi connectivity index (χ0v) is 12.0. The third-order valence-corrected chi connectivity index (χ3v) is 3.77. The van der Waals surface area contributed by atoms with Crippen molar-refractivity contribution < 1.29 is 4.39 Å². The molecule has 0 aliphatic rings. The third-order valence-electron chi connectivity index (χ3n) is 3.77. The topological polar surface area (TPSA) is 12.0 Å². The van der Waals surface area contributed by atoms with Gasteiger partial charge in [-0.15, -0.1) is 0 Å². The number of fused-ring (bicyclic) bond motifs is 1. The van der Waals surface area contributed by atoms with E-state index in [0.717, 1.165) is 5.56 Å². The second-order valence-corrected chi connectivity index (χ2v) is 5.34. The first-order chi connectivity index (χ1) is 10.2. The average molecular weight is 279 g/mol. The molecule has 0 saturated carbocycles. The van der Waals surface area contributed by atoms with E-state index in [1.165, 1.54) is 22.4 Å². The van der Waals surface area contributed by atoms with E-state index in [2.05, 4.69) is 48.6 Å². The Morgan fingerprint density at radius 1 is 0.905 bits per heavy atom. The minimum atomic E-state index is -0.187. The largest absolute Gasteiger partial charge is 0.306 e. The van der Waals surface area contributed by atoms with Gasteiger partial charge < -0.3 is 5.32 Å². The number of nitrogens with one attached hydrogen (secondary N) is 1. The molecule has 1 nitrogen and oxygen atoms in total. The van der Waals surface area contributed by atoms with Crippen LogP contribution in [-0.4, -0.2) is 0 Å². The van der Waals surface area contributed by atoms with Crippen LogP contribution in [0.25, 0.3) is 10.8 Å². The van der Waals surface area contributed by atoms with Crippen molar-refractivity contribution in [2.75, 3.05) is 0 Å². The Bertz CT molecular complexity index is 751. The van der Waals surface area contributed by atoms with Crippen molar-refractivity contribution in [2.24, 2.45) is 0 Å². The summed E-state index contributed by atoms with van der Waals surface area (Å²) in [6.07, 6.45) is 0. The second-order valence-electron chi connectivity index (χ2n) is 5.34. The Balaban J connectivity index is 1.73. The first-order valence-corrected chi connectivity index (χ1v) is 7.19. The van der Waals surface area contributed by atoms with E-state index in [1.807, 2.05) is 12.1 Å². The van der Waals surface area contributed by atoms with E-state index >= 15 is 0 Å². The Labute approximate surface area is 124 Å². The molecular formula is C19H18FN. The summed E-state index contributed by atoms with van der Waals surface area (Å²) in [5.74, 6) is -0.187. The van der Waals surface area contributed by atoms with Crippen LogP contribution in [0.2, 0.25) is 0 Å². The summed E-state index contributed by atoms with van der Waals surface area (Å²) >= 11 is 0. The Morgan fingerprint density at radius 3 is 2.52 bits per heavy atom. The monoisotopic (exact) mass is 279 g/mol. The molecular weight excluding hydrogens is 261 g/mol. The fourth-order valence-electron chi connectivity index (χ4n) is 2.51. The van der Waals surface area contributed by atoms with Crippen LogP contribution in [0, 0.1) is 5.82 Å². The van der Waals surface area contributed by atoms with Gasteiger partial charge in [-0.3, -0.25) is 0 Å². The van der Waals surface area contributed by atoms with Crippen molar-refractivity contribution in [2.45, 2.75) is 19.5 Å². The fourth-order valence-corrected chi connectivity index (χ4v) is 2.51. The summed E-state index contributed by atoms with van der Waals surface area (Å²) in [5, 5.41) is 5.93. The first-order valence-electron chi connectivity index (χ1n) is 7.19. The maximum Gasteiger partial charge on any atom is 0.123 e. The standard InChI is InChI=1S/C19H18FN/c1-14(21-13-15-5-4-8-19(20)11-15)17-10-9-16-6-2-3-7-18(16)12-17/h2-12,14,21H,13H2,1H3.